The molecule has 0 radical (unpaired) electrons. The van der Waals surface area contributed by atoms with Crippen molar-refractivity contribution < 1.29 is 4.79 Å². The molecule has 0 fully saturated rings. The summed E-state index contributed by atoms with van der Waals surface area (Å²) >= 11 is 14.1. The van der Waals surface area contributed by atoms with Crippen molar-refractivity contribution in [3.05, 3.63) is 68.8 Å². The second-order valence-electron chi connectivity index (χ2n) is 7.70. The number of terminal acetylenes is 1. The van der Waals surface area contributed by atoms with E-state index in [-0.39, 0.29) is 5.91 Å². The summed E-state index contributed by atoms with van der Waals surface area (Å²) in [6.45, 7) is 1.76. The Morgan fingerprint density at radius 2 is 2.09 bits per heavy atom. The van der Waals surface area contributed by atoms with Gasteiger partial charge in [0.1, 0.15) is 5.03 Å². The van der Waals surface area contributed by atoms with Crippen molar-refractivity contribution in [2.75, 3.05) is 22.6 Å². The first kappa shape index (κ1) is 22.1. The number of hydrogen-bond acceptors (Lipinski definition) is 6. The highest BCUT2D eigenvalue weighted by Crippen LogP contribution is 2.39. The van der Waals surface area contributed by atoms with Gasteiger partial charge in [-0.3, -0.25) is 9.69 Å². The van der Waals surface area contributed by atoms with Crippen LogP contribution in [-0.4, -0.2) is 28.3 Å². The van der Waals surface area contributed by atoms with Crippen molar-refractivity contribution in [3.8, 4) is 12.3 Å². The largest absolute Gasteiger partial charge is 0.324 e. The van der Waals surface area contributed by atoms with Gasteiger partial charge in [0.2, 0.25) is 5.95 Å². The number of nitrogens with one attached hydrogen (secondary N) is 2. The van der Waals surface area contributed by atoms with E-state index in [4.69, 9.17) is 29.6 Å². The van der Waals surface area contributed by atoms with Crippen molar-refractivity contribution in [1.82, 2.24) is 15.3 Å². The molecule has 33 heavy (non-hydrogen) atoms. The van der Waals surface area contributed by atoms with E-state index in [9.17, 15) is 4.79 Å². The summed E-state index contributed by atoms with van der Waals surface area (Å²) in [6, 6.07) is 9.34. The Kier molecular flexibility index (Phi) is 6.17. The molecule has 0 spiro atoms. The maximum absolute atomic E-state index is 13.1. The van der Waals surface area contributed by atoms with Crippen LogP contribution in [0.25, 0.3) is 0 Å². The molecule has 5 rings (SSSR count). The Morgan fingerprint density at radius 1 is 1.27 bits per heavy atom. The summed E-state index contributed by atoms with van der Waals surface area (Å²) in [4.78, 5) is 23.7. The summed E-state index contributed by atoms with van der Waals surface area (Å²) in [7, 11) is 0. The summed E-state index contributed by atoms with van der Waals surface area (Å²) < 4.78 is 0. The van der Waals surface area contributed by atoms with Gasteiger partial charge in [0.15, 0.2) is 0 Å². The Balaban J connectivity index is 1.42. The zero-order chi connectivity index (χ0) is 22.9. The number of nitrogens with zero attached hydrogens (tertiary/aromatic N) is 3. The topological polar surface area (TPSA) is 70.2 Å². The van der Waals surface area contributed by atoms with Gasteiger partial charge >= 0.3 is 0 Å². The van der Waals surface area contributed by atoms with Crippen LogP contribution in [0.1, 0.15) is 27.0 Å². The third kappa shape index (κ3) is 4.28. The zero-order valence-electron chi connectivity index (χ0n) is 17.5. The van der Waals surface area contributed by atoms with Crippen molar-refractivity contribution in [1.29, 1.82) is 0 Å². The Bertz CT molecular complexity index is 1290. The normalized spacial score (nSPS) is 14.9. The maximum atomic E-state index is 13.1. The van der Waals surface area contributed by atoms with Crippen LogP contribution in [0.2, 0.25) is 10.0 Å². The first-order chi connectivity index (χ1) is 16.0. The number of hydrogen-bond donors (Lipinski definition) is 2. The van der Waals surface area contributed by atoms with Crippen LogP contribution in [0.4, 0.5) is 17.3 Å². The Morgan fingerprint density at radius 3 is 2.88 bits per heavy atom. The van der Waals surface area contributed by atoms with Crippen LogP contribution in [-0.2, 0) is 19.4 Å². The molecule has 2 N–H and O–H groups in total. The van der Waals surface area contributed by atoms with Crippen LogP contribution < -0.4 is 15.5 Å². The molecule has 0 atom stereocenters. The Labute approximate surface area is 206 Å². The van der Waals surface area contributed by atoms with Gasteiger partial charge in [0.05, 0.1) is 27.2 Å². The smallest absolute Gasteiger partial charge is 0.263 e. The van der Waals surface area contributed by atoms with Gasteiger partial charge in [0, 0.05) is 24.8 Å². The number of thioether (sulfide) groups is 1. The van der Waals surface area contributed by atoms with Gasteiger partial charge in [-0.2, -0.15) is 0 Å². The summed E-state index contributed by atoms with van der Waals surface area (Å²) in [5, 5.41) is 8.14. The van der Waals surface area contributed by atoms with Gasteiger partial charge in [-0.15, -0.1) is 12.3 Å². The van der Waals surface area contributed by atoms with E-state index in [1.54, 1.807) is 29.3 Å². The molecule has 0 saturated heterocycles. The first-order valence-electron chi connectivity index (χ1n) is 10.4. The number of amides is 1. The zero-order valence-corrected chi connectivity index (χ0v) is 19.8. The summed E-state index contributed by atoms with van der Waals surface area (Å²) in [6.07, 6.45) is 8.64. The molecule has 0 saturated carbocycles. The van der Waals surface area contributed by atoms with Crippen LogP contribution in [0.3, 0.4) is 0 Å². The molecular formula is C24H19Cl2N5OS. The highest BCUT2D eigenvalue weighted by Gasteiger charge is 2.30. The molecule has 2 aliphatic heterocycles. The average Bonchev–Trinajstić information content (AvgIpc) is 2.80. The predicted octanol–water partition coefficient (Wildman–Crippen LogP) is 5.06. The third-order valence-electron chi connectivity index (χ3n) is 5.62. The molecule has 3 aromatic rings. The van der Waals surface area contributed by atoms with Crippen molar-refractivity contribution in [2.45, 2.75) is 24.4 Å². The molecule has 2 aromatic carbocycles. The van der Waals surface area contributed by atoms with E-state index in [1.807, 2.05) is 6.07 Å². The molecule has 6 nitrogen and oxygen atoms in total. The van der Waals surface area contributed by atoms with E-state index in [0.29, 0.717) is 44.6 Å². The van der Waals surface area contributed by atoms with Crippen molar-refractivity contribution in [2.24, 2.45) is 0 Å². The molecular weight excluding hydrogens is 477 g/mol. The van der Waals surface area contributed by atoms with Gasteiger partial charge in [-0.25, -0.2) is 9.97 Å². The molecule has 0 unspecified atom stereocenters. The lowest BCUT2D eigenvalue weighted by Crippen LogP contribution is -2.35. The highest BCUT2D eigenvalue weighted by atomic mass is 35.5. The number of para-hydroxylation sites is 1. The van der Waals surface area contributed by atoms with E-state index in [0.717, 1.165) is 30.8 Å². The summed E-state index contributed by atoms with van der Waals surface area (Å²) in [5.74, 6) is 3.29. The minimum Gasteiger partial charge on any atom is -0.324 e. The first-order valence-corrected chi connectivity index (χ1v) is 12.1. The second kappa shape index (κ2) is 9.24. The fraction of sp³-hybridized carbons (Fsp3) is 0.208. The number of carbonyl (C=O) groups excluding carboxylic acids is 1. The number of halogens is 2. The number of carbonyl (C=O) groups is 1. The number of anilines is 3. The third-order valence-corrected chi connectivity index (χ3v) is 7.21. The monoisotopic (exact) mass is 495 g/mol. The predicted molar refractivity (Wildman–Crippen MR) is 134 cm³/mol. The lowest BCUT2D eigenvalue weighted by Gasteiger charge is -2.28. The van der Waals surface area contributed by atoms with Gasteiger partial charge in [-0.1, -0.05) is 41.0 Å². The number of rotatable bonds is 4. The van der Waals surface area contributed by atoms with E-state index >= 15 is 0 Å². The SMILES string of the molecule is C#CCc1cc(Nc2ncc3c(n2)SCN(c2c(Cl)cccc2Cl)C3=O)cc2c1CNCC2. The molecule has 166 valence electrons. The Hall–Kier alpha value is -2.76. The van der Waals surface area contributed by atoms with Gasteiger partial charge in [0.25, 0.3) is 5.91 Å². The number of fused-ring (bicyclic) bond motifs is 2. The van der Waals surface area contributed by atoms with E-state index in [2.05, 4.69) is 32.6 Å². The van der Waals surface area contributed by atoms with Crippen LogP contribution in [0, 0.1) is 12.3 Å². The quantitative estimate of drug-likeness (QED) is 0.389. The molecule has 2 aliphatic rings. The molecule has 3 heterocycles. The fourth-order valence-corrected chi connectivity index (χ4v) is 5.62. The maximum Gasteiger partial charge on any atom is 0.263 e. The van der Waals surface area contributed by atoms with E-state index in [1.165, 1.54) is 22.9 Å². The van der Waals surface area contributed by atoms with E-state index < -0.39 is 0 Å². The van der Waals surface area contributed by atoms with Crippen LogP contribution in [0.5, 0.6) is 0 Å². The minimum absolute atomic E-state index is 0.233. The molecule has 0 bridgehead atoms. The molecule has 0 aliphatic carbocycles. The highest BCUT2D eigenvalue weighted by molar-refractivity contribution is 7.99. The molecule has 9 heteroatoms. The van der Waals surface area contributed by atoms with Crippen LogP contribution in [0.15, 0.2) is 41.6 Å². The minimum atomic E-state index is -0.233. The lowest BCUT2D eigenvalue weighted by atomic mass is 9.93. The fourth-order valence-electron chi connectivity index (χ4n) is 4.08. The number of benzene rings is 2. The standard InChI is InChI=1S/C24H19Cl2N5OS/c1-2-4-14-9-16(10-15-7-8-27-11-17(14)15)29-24-28-12-18-22(30-24)33-13-31(23(18)32)21-19(25)5-3-6-20(21)26/h1,3,5-6,9-10,12,27H,4,7-8,11,13H2,(H,28,29,30). The van der Waals surface area contributed by atoms with Crippen LogP contribution >= 0.6 is 35.0 Å². The average molecular weight is 496 g/mol. The second-order valence-corrected chi connectivity index (χ2v) is 9.44. The van der Waals surface area contributed by atoms with Crippen molar-refractivity contribution in [3.63, 3.8) is 0 Å². The lowest BCUT2D eigenvalue weighted by molar-refractivity contribution is 0.0985. The number of aromatic nitrogens is 2. The van der Waals surface area contributed by atoms with Gasteiger partial charge in [-0.05, 0) is 53.9 Å². The summed E-state index contributed by atoms with van der Waals surface area (Å²) in [5.41, 5.74) is 5.47. The molecule has 1 aromatic heterocycles. The van der Waals surface area contributed by atoms with Crippen molar-refractivity contribution >= 4 is 58.2 Å². The molecule has 1 amide bonds. The van der Waals surface area contributed by atoms with Gasteiger partial charge < -0.3 is 10.6 Å².